The smallest absolute Gasteiger partial charge is 0.220 e. The fraction of sp³-hybridized carbons (Fsp3) is 0.980. The Kier molecular flexibility index (Phi) is 46.2. The molecule has 2 atom stereocenters. The number of unbranched alkanes of at least 4 members (excludes halogenated alkanes) is 39. The molecule has 0 spiro atoms. The van der Waals surface area contributed by atoms with Gasteiger partial charge in [-0.2, -0.15) is 0 Å². The molecule has 324 valence electrons. The van der Waals surface area contributed by atoms with Crippen LogP contribution < -0.4 is 5.32 Å². The maximum absolute atomic E-state index is 12.4. The largest absolute Gasteiger partial charge is 0.396 e. The number of aliphatic hydroxyl groups excluding tert-OH is 3. The molecular formula is C49H99NO4. The molecule has 0 aliphatic rings. The summed E-state index contributed by atoms with van der Waals surface area (Å²) >= 11 is 0. The second kappa shape index (κ2) is 46.7. The van der Waals surface area contributed by atoms with Crippen molar-refractivity contribution in [1.82, 2.24) is 5.32 Å². The summed E-state index contributed by atoms with van der Waals surface area (Å²) in [5, 5.41) is 32.0. The fourth-order valence-corrected chi connectivity index (χ4v) is 8.11. The number of hydrogen-bond acceptors (Lipinski definition) is 4. The second-order valence-corrected chi connectivity index (χ2v) is 17.3. The molecule has 0 heterocycles. The van der Waals surface area contributed by atoms with Gasteiger partial charge in [0.05, 0.1) is 18.8 Å². The van der Waals surface area contributed by atoms with Crippen molar-refractivity contribution >= 4 is 5.91 Å². The molecule has 0 aliphatic heterocycles. The van der Waals surface area contributed by atoms with E-state index in [1.54, 1.807) is 0 Å². The van der Waals surface area contributed by atoms with Crippen LogP contribution in [0.2, 0.25) is 0 Å². The van der Waals surface area contributed by atoms with Crippen LogP contribution >= 0.6 is 0 Å². The maximum atomic E-state index is 12.4. The quantitative estimate of drug-likeness (QED) is 0.0465. The van der Waals surface area contributed by atoms with Crippen molar-refractivity contribution in [3.05, 3.63) is 0 Å². The summed E-state index contributed by atoms with van der Waals surface area (Å²) in [4.78, 5) is 12.4. The first-order valence-corrected chi connectivity index (χ1v) is 24.8. The van der Waals surface area contributed by atoms with Crippen molar-refractivity contribution in [1.29, 1.82) is 0 Å². The van der Waals surface area contributed by atoms with Crippen LogP contribution in [-0.2, 0) is 4.79 Å². The van der Waals surface area contributed by atoms with Crippen LogP contribution in [0.25, 0.3) is 0 Å². The number of carbonyl (C=O) groups excluding carboxylic acids is 1. The summed E-state index contributed by atoms with van der Waals surface area (Å²) in [5.41, 5.74) is 0. The van der Waals surface area contributed by atoms with Gasteiger partial charge in [0.1, 0.15) is 0 Å². The van der Waals surface area contributed by atoms with E-state index >= 15 is 0 Å². The minimum atomic E-state index is -0.656. The van der Waals surface area contributed by atoms with Gasteiger partial charge < -0.3 is 20.6 Å². The van der Waals surface area contributed by atoms with Crippen LogP contribution in [0.1, 0.15) is 283 Å². The zero-order valence-electron chi connectivity index (χ0n) is 36.7. The Balaban J connectivity index is 3.37. The highest BCUT2D eigenvalue weighted by Crippen LogP contribution is 2.18. The fourth-order valence-electron chi connectivity index (χ4n) is 8.11. The van der Waals surface area contributed by atoms with Crippen molar-refractivity contribution in [2.24, 2.45) is 0 Å². The van der Waals surface area contributed by atoms with Crippen molar-refractivity contribution in [2.45, 2.75) is 295 Å². The molecule has 0 aromatic carbocycles. The lowest BCUT2D eigenvalue weighted by molar-refractivity contribution is -0.123. The Morgan fingerprint density at radius 2 is 0.648 bits per heavy atom. The van der Waals surface area contributed by atoms with E-state index in [4.69, 9.17) is 5.11 Å². The van der Waals surface area contributed by atoms with Crippen LogP contribution in [0, 0.1) is 0 Å². The molecule has 1 amide bonds. The predicted octanol–water partition coefficient (Wildman–Crippen LogP) is 14.6. The minimum Gasteiger partial charge on any atom is -0.396 e. The van der Waals surface area contributed by atoms with Gasteiger partial charge in [0.25, 0.3) is 0 Å². The molecule has 0 bridgehead atoms. The number of amides is 1. The van der Waals surface area contributed by atoms with Crippen LogP contribution in [0.5, 0.6) is 0 Å². The summed E-state index contributed by atoms with van der Waals surface area (Å²) in [5.74, 6) is -0.0285. The lowest BCUT2D eigenvalue weighted by Crippen LogP contribution is -2.45. The first-order chi connectivity index (χ1) is 26.7. The van der Waals surface area contributed by atoms with E-state index in [-0.39, 0.29) is 12.5 Å². The molecule has 0 aliphatic carbocycles. The van der Waals surface area contributed by atoms with E-state index in [1.807, 2.05) is 0 Å². The molecule has 0 saturated heterocycles. The highest BCUT2D eigenvalue weighted by atomic mass is 16.3. The number of carbonyl (C=O) groups is 1. The number of nitrogens with one attached hydrogen (secondary N) is 1. The van der Waals surface area contributed by atoms with E-state index in [0.29, 0.717) is 19.4 Å². The average Bonchev–Trinajstić information content (AvgIpc) is 3.18. The molecule has 0 saturated carbocycles. The van der Waals surface area contributed by atoms with Crippen molar-refractivity contribution < 1.29 is 20.1 Å². The highest BCUT2D eigenvalue weighted by molar-refractivity contribution is 5.76. The first-order valence-electron chi connectivity index (χ1n) is 24.8. The van der Waals surface area contributed by atoms with Gasteiger partial charge in [-0.3, -0.25) is 4.79 Å². The summed E-state index contributed by atoms with van der Waals surface area (Å²) < 4.78 is 0. The van der Waals surface area contributed by atoms with Gasteiger partial charge >= 0.3 is 0 Å². The Hall–Kier alpha value is -0.650. The maximum Gasteiger partial charge on any atom is 0.220 e. The van der Waals surface area contributed by atoms with E-state index in [1.165, 1.54) is 231 Å². The van der Waals surface area contributed by atoms with Gasteiger partial charge in [0, 0.05) is 13.0 Å². The summed E-state index contributed by atoms with van der Waals surface area (Å²) in [7, 11) is 0. The number of aliphatic hydroxyl groups is 3. The van der Waals surface area contributed by atoms with E-state index in [2.05, 4.69) is 12.2 Å². The van der Waals surface area contributed by atoms with Gasteiger partial charge in [0.15, 0.2) is 0 Å². The molecule has 0 unspecified atom stereocenters. The molecule has 4 N–H and O–H groups in total. The predicted molar refractivity (Wildman–Crippen MR) is 236 cm³/mol. The summed E-state index contributed by atoms with van der Waals surface area (Å²) in [6, 6.07) is -0.533. The molecular weight excluding hydrogens is 667 g/mol. The molecule has 0 aromatic rings. The molecule has 5 nitrogen and oxygen atoms in total. The van der Waals surface area contributed by atoms with Crippen LogP contribution in [0.4, 0.5) is 0 Å². The normalized spacial score (nSPS) is 12.7. The Labute approximate surface area is 338 Å². The third kappa shape index (κ3) is 42.5. The Morgan fingerprint density at radius 1 is 0.389 bits per heavy atom. The van der Waals surface area contributed by atoms with Crippen LogP contribution in [0.15, 0.2) is 0 Å². The lowest BCUT2D eigenvalue weighted by Gasteiger charge is -2.22. The lowest BCUT2D eigenvalue weighted by atomic mass is 10.0. The van der Waals surface area contributed by atoms with Gasteiger partial charge in [-0.25, -0.2) is 0 Å². The molecule has 5 heteroatoms. The third-order valence-electron chi connectivity index (χ3n) is 11.9. The molecule has 0 aromatic heterocycles. The number of hydrogen-bond donors (Lipinski definition) is 4. The zero-order valence-corrected chi connectivity index (χ0v) is 36.7. The highest BCUT2D eigenvalue weighted by Gasteiger charge is 2.20. The first kappa shape index (κ1) is 53.4. The van der Waals surface area contributed by atoms with Crippen molar-refractivity contribution in [3.8, 4) is 0 Å². The Bertz CT molecular complexity index is 703. The Morgan fingerprint density at radius 3 is 0.926 bits per heavy atom. The minimum absolute atomic E-state index is 0.0285. The molecule has 0 fully saturated rings. The van der Waals surface area contributed by atoms with Crippen molar-refractivity contribution in [2.75, 3.05) is 13.2 Å². The third-order valence-corrected chi connectivity index (χ3v) is 11.9. The summed E-state index contributed by atoms with van der Waals surface area (Å²) in [6.07, 6.45) is 55.0. The molecule has 0 rings (SSSR count). The van der Waals surface area contributed by atoms with Gasteiger partial charge in [-0.05, 0) is 19.3 Å². The topological polar surface area (TPSA) is 89.8 Å². The monoisotopic (exact) mass is 766 g/mol. The summed E-state index contributed by atoms with van der Waals surface area (Å²) in [6.45, 7) is 2.44. The second-order valence-electron chi connectivity index (χ2n) is 17.3. The average molecular weight is 766 g/mol. The van der Waals surface area contributed by atoms with Crippen molar-refractivity contribution in [3.63, 3.8) is 0 Å². The van der Waals surface area contributed by atoms with E-state index in [0.717, 1.165) is 32.1 Å². The standard InChI is InChI=1S/C49H99NO4/c1-2-3-4-5-6-7-8-25-28-31-34-37-40-43-48(53)47(46-52)50-49(54)44-41-38-35-32-29-26-23-21-19-17-15-13-11-9-10-12-14-16-18-20-22-24-27-30-33-36-39-42-45-51/h47-48,51-53H,2-46H2,1H3,(H,50,54)/t47-,48+/m0/s1. The van der Waals surface area contributed by atoms with Gasteiger partial charge in [0.2, 0.25) is 5.91 Å². The van der Waals surface area contributed by atoms with E-state index in [9.17, 15) is 15.0 Å². The molecule has 0 radical (unpaired) electrons. The van der Waals surface area contributed by atoms with Gasteiger partial charge in [-0.1, -0.05) is 257 Å². The zero-order chi connectivity index (χ0) is 39.3. The van der Waals surface area contributed by atoms with Gasteiger partial charge in [-0.15, -0.1) is 0 Å². The molecule has 54 heavy (non-hydrogen) atoms. The van der Waals surface area contributed by atoms with E-state index < -0.39 is 12.1 Å². The van der Waals surface area contributed by atoms with Crippen LogP contribution in [-0.4, -0.2) is 46.6 Å². The SMILES string of the molecule is CCCCCCCCCCCCCCC[C@@H](O)[C@H](CO)NC(=O)CCCCCCCCCCCCCCCCCCCCCCCCCCCCCCO. The van der Waals surface area contributed by atoms with Crippen LogP contribution in [0.3, 0.4) is 0 Å². The number of rotatable bonds is 47.